The van der Waals surface area contributed by atoms with Gasteiger partial charge >= 0.3 is 11.7 Å². The largest absolute Gasteiger partial charge is 0.508 e. The number of carbonyl (C=O) groups is 1. The fourth-order valence-electron chi connectivity index (χ4n) is 5.49. The highest BCUT2D eigenvalue weighted by Gasteiger charge is 2.40. The molecule has 0 spiro atoms. The third-order valence-corrected chi connectivity index (χ3v) is 7.43. The summed E-state index contributed by atoms with van der Waals surface area (Å²) in [5.41, 5.74) is 1.79. The summed E-state index contributed by atoms with van der Waals surface area (Å²) in [6.07, 6.45) is 0. The summed E-state index contributed by atoms with van der Waals surface area (Å²) >= 11 is 0. The lowest BCUT2D eigenvalue weighted by Gasteiger charge is -2.38. The van der Waals surface area contributed by atoms with Gasteiger partial charge < -0.3 is 14.7 Å². The van der Waals surface area contributed by atoms with Gasteiger partial charge in [0.15, 0.2) is 0 Å². The van der Waals surface area contributed by atoms with Gasteiger partial charge in [0.1, 0.15) is 29.1 Å². The molecule has 0 bridgehead atoms. The number of benzene rings is 2. The van der Waals surface area contributed by atoms with Gasteiger partial charge in [0.25, 0.3) is 0 Å². The van der Waals surface area contributed by atoms with Crippen LogP contribution in [0.2, 0.25) is 0 Å². The molecule has 2 atom stereocenters. The Morgan fingerprint density at radius 3 is 2.56 bits per heavy atom. The summed E-state index contributed by atoms with van der Waals surface area (Å²) in [7, 11) is 0. The first-order valence-corrected chi connectivity index (χ1v) is 13.2. The molecule has 1 N–H and O–H groups in total. The van der Waals surface area contributed by atoms with Crippen molar-refractivity contribution in [2.24, 2.45) is 10.9 Å². The summed E-state index contributed by atoms with van der Waals surface area (Å²) in [5, 5.41) is 10.1. The zero-order valence-electron chi connectivity index (χ0n) is 22.3. The molecule has 2 aliphatic heterocycles. The molecule has 0 aliphatic carbocycles. The van der Waals surface area contributed by atoms with Crippen LogP contribution in [0.15, 0.2) is 58.3 Å². The van der Waals surface area contributed by atoms with Crippen molar-refractivity contribution < 1.29 is 19.0 Å². The summed E-state index contributed by atoms with van der Waals surface area (Å²) in [4.78, 5) is 39.9. The Morgan fingerprint density at radius 1 is 1.13 bits per heavy atom. The summed E-state index contributed by atoms with van der Waals surface area (Å²) in [5.74, 6) is -0.664. The first-order valence-electron chi connectivity index (χ1n) is 13.2. The second-order valence-electron chi connectivity index (χ2n) is 9.94. The summed E-state index contributed by atoms with van der Waals surface area (Å²) < 4.78 is 21.0. The zero-order valence-corrected chi connectivity index (χ0v) is 22.3. The molecule has 5 rings (SSSR count). The predicted molar refractivity (Wildman–Crippen MR) is 147 cm³/mol. The average molecular weight is 534 g/mol. The molecule has 1 fully saturated rings. The van der Waals surface area contributed by atoms with Gasteiger partial charge in [-0.25, -0.2) is 18.7 Å². The maximum absolute atomic E-state index is 14.2. The number of rotatable bonds is 6. The van der Waals surface area contributed by atoms with Crippen molar-refractivity contribution in [3.05, 3.63) is 76.0 Å². The Balaban J connectivity index is 1.54. The fraction of sp³-hybridized carbons (Fsp3) is 0.379. The quantitative estimate of drug-likeness (QED) is 0.481. The number of phenolic OH excluding ortho intramolecular Hbond substituents is 1. The molecule has 39 heavy (non-hydrogen) atoms. The van der Waals surface area contributed by atoms with E-state index < -0.39 is 11.6 Å². The maximum Gasteiger partial charge on any atom is 0.355 e. The molecule has 0 amide bonds. The number of halogens is 1. The number of aromatic nitrogens is 2. The standard InChI is InChI=1S/C29H32FN5O4/c1-4-39-28(37)24-18(2)25-26(34-14-12-33(13-15-34)17-20-8-5-6-11-23(20)30)32-29(38)35(27(25)31-19(24)3)21-9-7-10-22(36)16-21/h5-11,16,18,24,36H,4,12-15,17H2,1-3H3. The van der Waals surface area contributed by atoms with E-state index in [2.05, 4.69) is 9.88 Å². The number of nitrogens with zero attached hydrogens (tertiary/aromatic N) is 5. The highest BCUT2D eigenvalue weighted by molar-refractivity contribution is 6.04. The number of anilines is 1. The number of piperazine rings is 1. The predicted octanol–water partition coefficient (Wildman–Crippen LogP) is 3.79. The van der Waals surface area contributed by atoms with Gasteiger partial charge in [-0.2, -0.15) is 4.98 Å². The fourth-order valence-corrected chi connectivity index (χ4v) is 5.49. The monoisotopic (exact) mass is 533 g/mol. The SMILES string of the molecule is CCOC(=O)C1C(C)=Nc2c(c(N3CCN(Cc4ccccc4F)CC3)nc(=O)n2-c2cccc(O)c2)C1C. The van der Waals surface area contributed by atoms with E-state index in [4.69, 9.17) is 9.73 Å². The second kappa shape index (κ2) is 11.0. The molecule has 2 aromatic carbocycles. The first-order chi connectivity index (χ1) is 18.8. The van der Waals surface area contributed by atoms with Crippen LogP contribution in [0.25, 0.3) is 5.69 Å². The van der Waals surface area contributed by atoms with Crippen molar-refractivity contribution >= 4 is 23.3 Å². The van der Waals surface area contributed by atoms with Gasteiger partial charge in [0.2, 0.25) is 0 Å². The van der Waals surface area contributed by atoms with Crippen LogP contribution in [0.4, 0.5) is 16.0 Å². The van der Waals surface area contributed by atoms with Gasteiger partial charge in [0.05, 0.1) is 12.3 Å². The van der Waals surface area contributed by atoms with Crippen LogP contribution in [-0.4, -0.2) is 64.0 Å². The van der Waals surface area contributed by atoms with Crippen molar-refractivity contribution in [3.8, 4) is 11.4 Å². The molecule has 2 unspecified atom stereocenters. The zero-order chi connectivity index (χ0) is 27.7. The van der Waals surface area contributed by atoms with E-state index in [0.717, 1.165) is 0 Å². The average Bonchev–Trinajstić information content (AvgIpc) is 2.90. The Kier molecular flexibility index (Phi) is 7.47. The highest BCUT2D eigenvalue weighted by atomic mass is 19.1. The highest BCUT2D eigenvalue weighted by Crippen LogP contribution is 2.43. The van der Waals surface area contributed by atoms with Gasteiger partial charge in [-0.1, -0.05) is 31.2 Å². The van der Waals surface area contributed by atoms with Crippen molar-refractivity contribution in [3.63, 3.8) is 0 Å². The smallest absolute Gasteiger partial charge is 0.355 e. The van der Waals surface area contributed by atoms with E-state index >= 15 is 0 Å². The summed E-state index contributed by atoms with van der Waals surface area (Å²) in [6, 6.07) is 13.1. The van der Waals surface area contributed by atoms with Gasteiger partial charge in [0, 0.05) is 61.5 Å². The Hall–Kier alpha value is -4.05. The summed E-state index contributed by atoms with van der Waals surface area (Å²) in [6.45, 7) is 8.65. The van der Waals surface area contributed by atoms with Crippen molar-refractivity contribution in [1.29, 1.82) is 0 Å². The van der Waals surface area contributed by atoms with E-state index in [1.807, 2.05) is 17.9 Å². The number of hydrogen-bond acceptors (Lipinski definition) is 8. The van der Waals surface area contributed by atoms with Crippen LogP contribution >= 0.6 is 0 Å². The van der Waals surface area contributed by atoms with Crippen LogP contribution in [0, 0.1) is 11.7 Å². The molecule has 0 saturated carbocycles. The number of aromatic hydroxyl groups is 1. The topological polar surface area (TPSA) is 100 Å². The number of fused-ring (bicyclic) bond motifs is 1. The van der Waals surface area contributed by atoms with Crippen LogP contribution in [-0.2, 0) is 16.1 Å². The van der Waals surface area contributed by atoms with E-state index in [-0.39, 0.29) is 30.1 Å². The molecule has 1 aromatic heterocycles. The van der Waals surface area contributed by atoms with Crippen molar-refractivity contribution in [2.75, 3.05) is 37.7 Å². The molecule has 204 valence electrons. The van der Waals surface area contributed by atoms with Crippen LogP contribution in [0.3, 0.4) is 0 Å². The molecule has 9 nitrogen and oxygen atoms in total. The lowest BCUT2D eigenvalue weighted by molar-refractivity contribution is -0.146. The van der Waals surface area contributed by atoms with E-state index in [1.54, 1.807) is 38.1 Å². The third-order valence-electron chi connectivity index (χ3n) is 7.43. The van der Waals surface area contributed by atoms with Crippen LogP contribution < -0.4 is 10.6 Å². The number of carbonyl (C=O) groups excluding carboxylic acids is 1. The minimum Gasteiger partial charge on any atom is -0.508 e. The van der Waals surface area contributed by atoms with Crippen LogP contribution in [0.5, 0.6) is 5.75 Å². The molecule has 3 heterocycles. The van der Waals surface area contributed by atoms with Crippen LogP contribution in [0.1, 0.15) is 37.8 Å². The third kappa shape index (κ3) is 5.16. The van der Waals surface area contributed by atoms with Gasteiger partial charge in [-0.05, 0) is 32.0 Å². The Labute approximate surface area is 226 Å². The number of ether oxygens (including phenoxy) is 1. The number of esters is 1. The normalized spacial score (nSPS) is 19.4. The number of phenols is 1. The van der Waals surface area contributed by atoms with Crippen molar-refractivity contribution in [1.82, 2.24) is 14.5 Å². The van der Waals surface area contributed by atoms with Gasteiger partial charge in [-0.3, -0.25) is 9.69 Å². The lowest BCUT2D eigenvalue weighted by Crippen LogP contribution is -2.48. The van der Waals surface area contributed by atoms with E-state index in [9.17, 15) is 19.1 Å². The molecule has 3 aromatic rings. The second-order valence-corrected chi connectivity index (χ2v) is 9.94. The van der Waals surface area contributed by atoms with E-state index in [1.165, 1.54) is 22.8 Å². The van der Waals surface area contributed by atoms with E-state index in [0.29, 0.717) is 66.9 Å². The van der Waals surface area contributed by atoms with Crippen molar-refractivity contribution in [2.45, 2.75) is 33.2 Å². The maximum atomic E-state index is 14.2. The number of aliphatic imine (C=N–C) groups is 1. The first kappa shape index (κ1) is 26.6. The molecular formula is C29H32FN5O4. The Morgan fingerprint density at radius 2 is 1.87 bits per heavy atom. The minimum atomic E-state index is -0.615. The molecular weight excluding hydrogens is 501 g/mol. The molecule has 10 heteroatoms. The number of hydrogen-bond donors (Lipinski definition) is 1. The lowest BCUT2D eigenvalue weighted by atomic mass is 9.82. The molecule has 0 radical (unpaired) electrons. The van der Waals surface area contributed by atoms with Gasteiger partial charge in [-0.15, -0.1) is 0 Å². The molecule has 2 aliphatic rings. The minimum absolute atomic E-state index is 0.0113. The Bertz CT molecular complexity index is 1480. The molecule has 1 saturated heterocycles.